The number of rotatable bonds is 5. The third kappa shape index (κ3) is 4.58. The van der Waals surface area contributed by atoms with E-state index in [0.29, 0.717) is 13.0 Å². The number of halogens is 2. The maximum atomic E-state index is 12.6. The van der Waals surface area contributed by atoms with Gasteiger partial charge in [-0.3, -0.25) is 10.1 Å². The molecule has 7 nitrogen and oxygen atoms in total. The van der Waals surface area contributed by atoms with Gasteiger partial charge in [0.05, 0.1) is 14.8 Å². The van der Waals surface area contributed by atoms with Crippen molar-refractivity contribution in [1.82, 2.24) is 4.72 Å². The number of nitrogens with one attached hydrogen (secondary N) is 1. The molecule has 2 rings (SSSR count). The fourth-order valence-corrected chi connectivity index (χ4v) is 4.56. The number of nitrogens with two attached hydrogens (primary N) is 1. The molecule has 0 radical (unpaired) electrons. The van der Waals surface area contributed by atoms with Crippen molar-refractivity contribution in [3.63, 3.8) is 0 Å². The number of nitro benzene ring substituents is 1. The molecule has 3 N–H and O–H groups in total. The Labute approximate surface area is 152 Å². The summed E-state index contributed by atoms with van der Waals surface area (Å²) in [6.07, 6.45) is 3.54. The second kappa shape index (κ2) is 8.44. The predicted molar refractivity (Wildman–Crippen MR) is 95.2 cm³/mol. The molecule has 0 bridgehead atoms. The predicted octanol–water partition coefficient (Wildman–Crippen LogP) is 2.77. The first-order chi connectivity index (χ1) is 10.8. The summed E-state index contributed by atoms with van der Waals surface area (Å²) in [4.78, 5) is 10.2. The molecule has 2 unspecified atom stereocenters. The molecule has 0 aromatic heterocycles. The molecule has 1 aromatic rings. The molecule has 1 aliphatic rings. The zero-order valence-electron chi connectivity index (χ0n) is 13.2. The van der Waals surface area contributed by atoms with Crippen molar-refractivity contribution < 1.29 is 13.3 Å². The largest absolute Gasteiger partial charge is 0.330 e. The summed E-state index contributed by atoms with van der Waals surface area (Å²) in [6, 6.07) is 2.04. The summed E-state index contributed by atoms with van der Waals surface area (Å²) < 4.78 is 27.8. The van der Waals surface area contributed by atoms with E-state index in [0.717, 1.165) is 25.3 Å². The lowest BCUT2D eigenvalue weighted by molar-refractivity contribution is -0.385. The van der Waals surface area contributed by atoms with Crippen LogP contribution in [0.15, 0.2) is 17.0 Å². The van der Waals surface area contributed by atoms with E-state index < -0.39 is 14.9 Å². The highest BCUT2D eigenvalue weighted by Gasteiger charge is 2.30. The minimum atomic E-state index is -3.89. The van der Waals surface area contributed by atoms with Crippen molar-refractivity contribution in [2.75, 3.05) is 6.54 Å². The van der Waals surface area contributed by atoms with Crippen molar-refractivity contribution >= 4 is 39.7 Å². The molecule has 136 valence electrons. The SMILES string of the molecule is Cc1c(Cl)cc(S(=O)(=O)NC2CCCCC2CN)cc1[N+](=O)[O-].Cl. The molecule has 0 aliphatic heterocycles. The van der Waals surface area contributed by atoms with Gasteiger partial charge in [-0.15, -0.1) is 12.4 Å². The van der Waals surface area contributed by atoms with Crippen LogP contribution < -0.4 is 10.5 Å². The van der Waals surface area contributed by atoms with Gasteiger partial charge in [-0.2, -0.15) is 0 Å². The van der Waals surface area contributed by atoms with Crippen LogP contribution in [-0.4, -0.2) is 25.9 Å². The Kier molecular flexibility index (Phi) is 7.43. The molecule has 1 aliphatic carbocycles. The minimum absolute atomic E-state index is 0. The van der Waals surface area contributed by atoms with Crippen molar-refractivity contribution in [3.05, 3.63) is 32.8 Å². The van der Waals surface area contributed by atoms with E-state index in [1.54, 1.807) is 0 Å². The van der Waals surface area contributed by atoms with E-state index in [1.807, 2.05) is 0 Å². The molecule has 2 atom stereocenters. The van der Waals surface area contributed by atoms with Gasteiger partial charge in [0.2, 0.25) is 10.0 Å². The zero-order valence-corrected chi connectivity index (χ0v) is 15.6. The lowest BCUT2D eigenvalue weighted by atomic mass is 9.85. The van der Waals surface area contributed by atoms with E-state index >= 15 is 0 Å². The van der Waals surface area contributed by atoms with E-state index in [1.165, 1.54) is 13.0 Å². The van der Waals surface area contributed by atoms with Gasteiger partial charge in [0.1, 0.15) is 0 Å². The molecule has 0 spiro atoms. The number of hydrogen-bond acceptors (Lipinski definition) is 5. The maximum Gasteiger partial charge on any atom is 0.275 e. The van der Waals surface area contributed by atoms with Gasteiger partial charge in [-0.1, -0.05) is 24.4 Å². The lowest BCUT2D eigenvalue weighted by Crippen LogP contribution is -2.44. The van der Waals surface area contributed by atoms with Gasteiger partial charge >= 0.3 is 0 Å². The zero-order chi connectivity index (χ0) is 17.2. The summed E-state index contributed by atoms with van der Waals surface area (Å²) >= 11 is 5.95. The average molecular weight is 398 g/mol. The van der Waals surface area contributed by atoms with Crippen LogP contribution >= 0.6 is 24.0 Å². The van der Waals surface area contributed by atoms with Gasteiger partial charge in [-0.05, 0) is 38.3 Å². The highest BCUT2D eigenvalue weighted by molar-refractivity contribution is 7.89. The van der Waals surface area contributed by atoms with Gasteiger partial charge in [-0.25, -0.2) is 13.1 Å². The van der Waals surface area contributed by atoms with Crippen LogP contribution in [0.2, 0.25) is 5.02 Å². The average Bonchev–Trinajstić information content (AvgIpc) is 2.49. The molecule has 0 heterocycles. The maximum absolute atomic E-state index is 12.6. The first-order valence-corrected chi connectivity index (χ1v) is 9.29. The number of benzene rings is 1. The lowest BCUT2D eigenvalue weighted by Gasteiger charge is -2.31. The van der Waals surface area contributed by atoms with Gasteiger partial charge in [0.15, 0.2) is 0 Å². The molecule has 1 fully saturated rings. The third-order valence-corrected chi connectivity index (χ3v) is 6.18. The Bertz CT molecular complexity index is 712. The minimum Gasteiger partial charge on any atom is -0.330 e. The van der Waals surface area contributed by atoms with Crippen LogP contribution in [0, 0.1) is 23.0 Å². The Hall–Kier alpha value is -0.930. The molecule has 0 saturated heterocycles. The van der Waals surface area contributed by atoms with E-state index in [9.17, 15) is 18.5 Å². The van der Waals surface area contributed by atoms with Crippen LogP contribution in [-0.2, 0) is 10.0 Å². The summed E-state index contributed by atoms with van der Waals surface area (Å²) in [5.74, 6) is 0.0782. The second-order valence-corrected chi connectivity index (χ2v) is 7.94. The second-order valence-electron chi connectivity index (χ2n) is 5.81. The Morgan fingerprint density at radius 1 is 1.38 bits per heavy atom. The van der Waals surface area contributed by atoms with Crippen molar-refractivity contribution in [2.45, 2.75) is 43.5 Å². The summed E-state index contributed by atoms with van der Waals surface area (Å²) in [5, 5.41) is 11.1. The van der Waals surface area contributed by atoms with E-state index in [-0.39, 0.29) is 45.5 Å². The first-order valence-electron chi connectivity index (χ1n) is 7.43. The smallest absolute Gasteiger partial charge is 0.275 e. The van der Waals surface area contributed by atoms with E-state index in [4.69, 9.17) is 17.3 Å². The van der Waals surface area contributed by atoms with Crippen LogP contribution in [0.1, 0.15) is 31.2 Å². The quantitative estimate of drug-likeness (QED) is 0.585. The normalized spacial score (nSPS) is 21.1. The highest BCUT2D eigenvalue weighted by Crippen LogP contribution is 2.31. The van der Waals surface area contributed by atoms with Crippen LogP contribution in [0.3, 0.4) is 0 Å². The summed E-state index contributed by atoms with van der Waals surface area (Å²) in [5.41, 5.74) is 5.65. The molecular formula is C14H21Cl2N3O4S. The van der Waals surface area contributed by atoms with Crippen LogP contribution in [0.25, 0.3) is 0 Å². The van der Waals surface area contributed by atoms with Gasteiger partial charge in [0.25, 0.3) is 5.69 Å². The number of hydrogen-bond donors (Lipinski definition) is 2. The fraction of sp³-hybridized carbons (Fsp3) is 0.571. The molecular weight excluding hydrogens is 377 g/mol. The molecule has 24 heavy (non-hydrogen) atoms. The van der Waals surface area contributed by atoms with E-state index in [2.05, 4.69) is 4.72 Å². The van der Waals surface area contributed by atoms with Crippen LogP contribution in [0.4, 0.5) is 5.69 Å². The van der Waals surface area contributed by atoms with Crippen molar-refractivity contribution in [3.8, 4) is 0 Å². The summed E-state index contributed by atoms with van der Waals surface area (Å²) in [7, 11) is -3.89. The molecule has 1 saturated carbocycles. The van der Waals surface area contributed by atoms with Gasteiger partial charge < -0.3 is 5.73 Å². The monoisotopic (exact) mass is 397 g/mol. The Balaban J connectivity index is 0.00000288. The summed E-state index contributed by atoms with van der Waals surface area (Å²) in [6.45, 7) is 1.89. The third-order valence-electron chi connectivity index (χ3n) is 4.32. The van der Waals surface area contributed by atoms with Crippen LogP contribution in [0.5, 0.6) is 0 Å². The number of nitro groups is 1. The van der Waals surface area contributed by atoms with Crippen molar-refractivity contribution in [1.29, 1.82) is 0 Å². The molecule has 0 amide bonds. The topological polar surface area (TPSA) is 115 Å². The highest BCUT2D eigenvalue weighted by atomic mass is 35.5. The standard InChI is InChI=1S/C14H20ClN3O4S.ClH/c1-9-12(15)6-11(7-14(9)18(19)20)23(21,22)17-13-5-3-2-4-10(13)8-16;/h6-7,10,13,17H,2-5,8,16H2,1H3;1H. The fourth-order valence-electron chi connectivity index (χ4n) is 2.90. The Morgan fingerprint density at radius 2 is 2.00 bits per heavy atom. The first kappa shape index (κ1) is 21.1. The number of sulfonamides is 1. The van der Waals surface area contributed by atoms with Crippen molar-refractivity contribution in [2.24, 2.45) is 11.7 Å². The molecule has 10 heteroatoms. The molecule has 1 aromatic carbocycles. The number of nitrogens with zero attached hydrogens (tertiary/aromatic N) is 1. The Morgan fingerprint density at radius 3 is 2.58 bits per heavy atom. The van der Waals surface area contributed by atoms with Gasteiger partial charge in [0, 0.05) is 17.7 Å².